The molecule has 1 saturated carbocycles. The van der Waals surface area contributed by atoms with Crippen LogP contribution in [0.4, 0.5) is 4.79 Å². The lowest BCUT2D eigenvalue weighted by Crippen LogP contribution is -2.55. The van der Waals surface area contributed by atoms with Crippen LogP contribution < -0.4 is 16.0 Å². The van der Waals surface area contributed by atoms with E-state index in [1.807, 2.05) is 13.8 Å². The predicted octanol–water partition coefficient (Wildman–Crippen LogP) is 0.932. The molecular formula is C25H35N3O9S. The molecule has 13 heteroatoms. The third kappa shape index (κ3) is 8.23. The Labute approximate surface area is 221 Å². The summed E-state index contributed by atoms with van der Waals surface area (Å²) in [6, 6.07) is 4.31. The van der Waals surface area contributed by atoms with Crippen LogP contribution in [0.25, 0.3) is 0 Å². The fraction of sp³-hybridized carbons (Fsp3) is 0.600. The maximum absolute atomic E-state index is 13.1. The molecule has 38 heavy (non-hydrogen) atoms. The van der Waals surface area contributed by atoms with Crippen LogP contribution in [0.15, 0.2) is 24.3 Å². The molecule has 1 saturated heterocycles. The number of rotatable bonds is 13. The Morgan fingerprint density at radius 3 is 2.37 bits per heavy atom. The second-order valence-electron chi connectivity index (χ2n) is 10.5. The zero-order chi connectivity index (χ0) is 28.1. The summed E-state index contributed by atoms with van der Waals surface area (Å²) in [4.78, 5) is 48.8. The van der Waals surface area contributed by atoms with Crippen molar-refractivity contribution in [3.05, 3.63) is 35.4 Å². The predicted molar refractivity (Wildman–Crippen MR) is 136 cm³/mol. The molecule has 5 N–H and O–H groups in total. The highest BCUT2D eigenvalue weighted by molar-refractivity contribution is 7.86. The third-order valence-corrected chi connectivity index (χ3v) is 7.69. The number of hydrogen-bond acceptors (Lipinski definition) is 8. The number of alkyl carbamates (subject to hydrolysis) is 1. The van der Waals surface area contributed by atoms with E-state index >= 15 is 0 Å². The van der Waals surface area contributed by atoms with E-state index in [-0.39, 0.29) is 24.7 Å². The van der Waals surface area contributed by atoms with Crippen LogP contribution >= 0.6 is 0 Å². The highest BCUT2D eigenvalue weighted by Gasteiger charge is 2.47. The van der Waals surface area contributed by atoms with Crippen molar-refractivity contribution in [1.29, 1.82) is 0 Å². The van der Waals surface area contributed by atoms with Crippen LogP contribution in [0.2, 0.25) is 0 Å². The van der Waals surface area contributed by atoms with Gasteiger partial charge in [-0.3, -0.25) is 18.9 Å². The number of carbonyl (C=O) groups excluding carboxylic acids is 4. The second-order valence-corrected chi connectivity index (χ2v) is 12.0. The minimum Gasteiger partial charge on any atom is -0.443 e. The Kier molecular flexibility index (Phi) is 9.49. The molecule has 2 fully saturated rings. The smallest absolute Gasteiger partial charge is 0.408 e. The fourth-order valence-electron chi connectivity index (χ4n) is 4.53. The molecule has 210 valence electrons. The molecule has 1 aromatic rings. The van der Waals surface area contributed by atoms with Gasteiger partial charge in [0.05, 0.1) is 6.04 Å². The summed E-state index contributed by atoms with van der Waals surface area (Å²) < 4.78 is 38.3. The van der Waals surface area contributed by atoms with Gasteiger partial charge in [0.15, 0.2) is 0 Å². The molecule has 0 aromatic heterocycles. The molecule has 2 aliphatic rings. The maximum atomic E-state index is 13.1. The van der Waals surface area contributed by atoms with Crippen LogP contribution in [0.3, 0.4) is 0 Å². The number of nitrogens with one attached hydrogen (secondary N) is 3. The quantitative estimate of drug-likeness (QED) is 0.175. The van der Waals surface area contributed by atoms with E-state index in [0.29, 0.717) is 37.8 Å². The number of aldehydes is 1. The number of benzene rings is 1. The lowest BCUT2D eigenvalue weighted by Gasteiger charge is -2.28. The van der Waals surface area contributed by atoms with Crippen molar-refractivity contribution in [1.82, 2.24) is 16.0 Å². The number of aliphatic hydroxyl groups excluding tert-OH is 1. The molecule has 12 nitrogen and oxygen atoms in total. The van der Waals surface area contributed by atoms with E-state index in [2.05, 4.69) is 16.0 Å². The van der Waals surface area contributed by atoms with E-state index in [1.54, 1.807) is 24.3 Å². The van der Waals surface area contributed by atoms with E-state index in [4.69, 9.17) is 4.74 Å². The van der Waals surface area contributed by atoms with Crippen LogP contribution in [0, 0.1) is 11.8 Å². The molecule has 1 aliphatic heterocycles. The SMILES string of the molecule is CC(C)C[C@H](NC(=O)OC1(Cc2ccc(C=O)cc2)CC1)C(=O)N[C@@H](C[C@@H]1CCNC1=O)C(O)S(=O)(=O)O. The van der Waals surface area contributed by atoms with Crippen molar-refractivity contribution >= 4 is 34.3 Å². The summed E-state index contributed by atoms with van der Waals surface area (Å²) in [5.41, 5.74) is -1.67. The molecule has 1 unspecified atom stereocenters. The monoisotopic (exact) mass is 553 g/mol. The van der Waals surface area contributed by atoms with Gasteiger partial charge in [-0.25, -0.2) is 4.79 Å². The zero-order valence-electron chi connectivity index (χ0n) is 21.4. The number of hydrogen-bond donors (Lipinski definition) is 5. The van der Waals surface area contributed by atoms with Gasteiger partial charge in [0.2, 0.25) is 17.3 Å². The van der Waals surface area contributed by atoms with Gasteiger partial charge in [0.1, 0.15) is 17.9 Å². The molecule has 3 amide bonds. The molecular weight excluding hydrogens is 518 g/mol. The topological polar surface area (TPSA) is 188 Å². The Hall–Kier alpha value is -3.03. The molecule has 1 heterocycles. The van der Waals surface area contributed by atoms with Crippen LogP contribution in [0.1, 0.15) is 61.9 Å². The maximum Gasteiger partial charge on any atom is 0.408 e. The van der Waals surface area contributed by atoms with Gasteiger partial charge < -0.3 is 25.8 Å². The standard InChI is InChI=1S/C25H35N3O9S/c1-15(2)11-19(22(31)27-20(23(32)38(34,35)36)12-18-7-10-26-21(18)30)28-24(33)37-25(8-9-25)13-16-3-5-17(14-29)6-4-16/h3-6,14-15,18-20,23,32H,7-13H2,1-2H3,(H,26,30)(H,27,31)(H,28,33)(H,34,35,36)/t18-,19-,20-,23?/m0/s1. The first-order valence-corrected chi connectivity index (χ1v) is 14.1. The van der Waals surface area contributed by atoms with Crippen molar-refractivity contribution in [2.45, 2.75) is 75.5 Å². The minimum absolute atomic E-state index is 0.0529. The number of carbonyl (C=O) groups is 4. The van der Waals surface area contributed by atoms with Crippen molar-refractivity contribution in [2.75, 3.05) is 6.54 Å². The normalized spacial score (nSPS) is 20.7. The molecule has 0 radical (unpaired) electrons. The molecule has 1 aromatic carbocycles. The summed E-state index contributed by atoms with van der Waals surface area (Å²) in [7, 11) is -4.95. The summed E-state index contributed by atoms with van der Waals surface area (Å²) in [5.74, 6) is -1.84. The largest absolute Gasteiger partial charge is 0.443 e. The zero-order valence-corrected chi connectivity index (χ0v) is 22.2. The highest BCUT2D eigenvalue weighted by Crippen LogP contribution is 2.42. The minimum atomic E-state index is -4.95. The highest BCUT2D eigenvalue weighted by atomic mass is 32.2. The number of amides is 3. The first kappa shape index (κ1) is 29.5. The van der Waals surface area contributed by atoms with Gasteiger partial charge in [-0.2, -0.15) is 8.42 Å². The Balaban J connectivity index is 1.67. The lowest BCUT2D eigenvalue weighted by atomic mass is 9.97. The van der Waals surface area contributed by atoms with Gasteiger partial charge in [0.25, 0.3) is 10.1 Å². The van der Waals surface area contributed by atoms with Crippen molar-refractivity contribution in [3.63, 3.8) is 0 Å². The average molecular weight is 554 g/mol. The summed E-state index contributed by atoms with van der Waals surface area (Å²) in [6.07, 6.45) is 1.95. The first-order chi connectivity index (χ1) is 17.8. The van der Waals surface area contributed by atoms with Gasteiger partial charge in [-0.05, 0) is 43.6 Å². The van der Waals surface area contributed by atoms with Gasteiger partial charge >= 0.3 is 6.09 Å². The molecule has 0 spiro atoms. The lowest BCUT2D eigenvalue weighted by molar-refractivity contribution is -0.126. The van der Waals surface area contributed by atoms with Crippen LogP contribution in [-0.4, -0.2) is 71.9 Å². The van der Waals surface area contributed by atoms with Crippen molar-refractivity contribution in [3.8, 4) is 0 Å². The van der Waals surface area contributed by atoms with E-state index in [1.165, 1.54) is 0 Å². The summed E-state index contributed by atoms with van der Waals surface area (Å²) in [5, 5.41) is 17.7. The van der Waals surface area contributed by atoms with Crippen LogP contribution in [-0.2, 0) is 30.9 Å². The Morgan fingerprint density at radius 1 is 1.21 bits per heavy atom. The number of ether oxygens (including phenoxy) is 1. The van der Waals surface area contributed by atoms with E-state index < -0.39 is 51.2 Å². The molecule has 4 atom stereocenters. The Morgan fingerprint density at radius 2 is 1.87 bits per heavy atom. The van der Waals surface area contributed by atoms with Gasteiger partial charge in [-0.1, -0.05) is 38.1 Å². The molecule has 0 bridgehead atoms. The molecule has 1 aliphatic carbocycles. The third-order valence-electron chi connectivity index (χ3n) is 6.75. The fourth-order valence-corrected chi connectivity index (χ4v) is 5.12. The summed E-state index contributed by atoms with van der Waals surface area (Å²) in [6.45, 7) is 4.02. The molecule has 3 rings (SSSR count). The Bertz CT molecular complexity index is 1130. The van der Waals surface area contributed by atoms with Crippen molar-refractivity contribution in [2.24, 2.45) is 11.8 Å². The van der Waals surface area contributed by atoms with Gasteiger partial charge in [-0.15, -0.1) is 0 Å². The average Bonchev–Trinajstić information content (AvgIpc) is 3.46. The number of aliphatic hydroxyl groups is 1. The first-order valence-electron chi connectivity index (χ1n) is 12.6. The van der Waals surface area contributed by atoms with Crippen molar-refractivity contribution < 1.29 is 42.0 Å². The van der Waals surface area contributed by atoms with Crippen LogP contribution in [0.5, 0.6) is 0 Å². The van der Waals surface area contributed by atoms with Gasteiger partial charge in [0, 0.05) is 24.4 Å². The van der Waals surface area contributed by atoms with E-state index in [9.17, 15) is 37.3 Å². The van der Waals surface area contributed by atoms with E-state index in [0.717, 1.165) is 11.8 Å². The second kappa shape index (κ2) is 12.2. The summed E-state index contributed by atoms with van der Waals surface area (Å²) >= 11 is 0.